The predicted molar refractivity (Wildman–Crippen MR) is 101 cm³/mol. The van der Waals surface area contributed by atoms with Crippen LogP contribution in [0.15, 0.2) is 34.8 Å². The van der Waals surface area contributed by atoms with Crippen LogP contribution in [0.1, 0.15) is 24.0 Å². The molecule has 1 aliphatic rings. The Morgan fingerprint density at radius 1 is 1.21 bits per heavy atom. The van der Waals surface area contributed by atoms with E-state index in [1.165, 1.54) is 12.8 Å². The van der Waals surface area contributed by atoms with Crippen molar-refractivity contribution in [3.05, 3.63) is 56.0 Å². The van der Waals surface area contributed by atoms with Crippen molar-refractivity contribution >= 4 is 39.1 Å². The summed E-state index contributed by atoms with van der Waals surface area (Å²) in [6.45, 7) is 1.16. The average Bonchev–Trinajstić information content (AvgIpc) is 3.37. The van der Waals surface area contributed by atoms with E-state index in [2.05, 4.69) is 27.3 Å². The lowest BCUT2D eigenvalue weighted by Gasteiger charge is -2.15. The summed E-state index contributed by atoms with van der Waals surface area (Å²) >= 11 is 15.7. The minimum absolute atomic E-state index is 0.338. The van der Waals surface area contributed by atoms with Crippen molar-refractivity contribution in [1.29, 1.82) is 0 Å². The zero-order valence-electron chi connectivity index (χ0n) is 13.2. The number of halogens is 3. The van der Waals surface area contributed by atoms with Crippen LogP contribution >= 0.6 is 39.1 Å². The summed E-state index contributed by atoms with van der Waals surface area (Å²) in [5.41, 5.74) is 2.02. The number of methoxy groups -OCH3 is 1. The molecule has 24 heavy (non-hydrogen) atoms. The molecule has 1 fully saturated rings. The van der Waals surface area contributed by atoms with E-state index >= 15 is 0 Å². The van der Waals surface area contributed by atoms with Gasteiger partial charge in [0.05, 0.1) is 11.6 Å². The van der Waals surface area contributed by atoms with E-state index in [0.29, 0.717) is 34.2 Å². The first-order valence-electron chi connectivity index (χ1n) is 7.73. The van der Waals surface area contributed by atoms with Crippen LogP contribution in [-0.2, 0) is 13.2 Å². The summed E-state index contributed by atoms with van der Waals surface area (Å²) in [7, 11) is 1.64. The van der Waals surface area contributed by atoms with Crippen LogP contribution < -0.4 is 14.8 Å². The highest BCUT2D eigenvalue weighted by Gasteiger charge is 2.20. The van der Waals surface area contributed by atoms with Crippen molar-refractivity contribution < 1.29 is 9.47 Å². The Balaban J connectivity index is 1.73. The summed E-state index contributed by atoms with van der Waals surface area (Å²) in [6, 6.07) is 10.1. The second-order valence-corrected chi connectivity index (χ2v) is 7.49. The predicted octanol–water partition coefficient (Wildman–Crippen LogP) is 5.60. The lowest BCUT2D eigenvalue weighted by atomic mass is 10.2. The monoisotopic (exact) mass is 429 g/mol. The molecule has 0 aromatic heterocycles. The van der Waals surface area contributed by atoms with Gasteiger partial charge in [-0.3, -0.25) is 0 Å². The molecule has 0 saturated heterocycles. The first-order chi connectivity index (χ1) is 11.6. The van der Waals surface area contributed by atoms with Gasteiger partial charge in [0.1, 0.15) is 6.61 Å². The van der Waals surface area contributed by atoms with Gasteiger partial charge in [0.2, 0.25) is 0 Å². The normalized spacial score (nSPS) is 13.8. The summed E-state index contributed by atoms with van der Waals surface area (Å²) in [4.78, 5) is 0. The number of hydrogen-bond acceptors (Lipinski definition) is 3. The Labute approximate surface area is 160 Å². The van der Waals surface area contributed by atoms with Gasteiger partial charge in [0.25, 0.3) is 0 Å². The maximum absolute atomic E-state index is 6.20. The molecule has 0 heterocycles. The van der Waals surface area contributed by atoms with Gasteiger partial charge >= 0.3 is 0 Å². The highest BCUT2D eigenvalue weighted by atomic mass is 79.9. The molecule has 1 saturated carbocycles. The van der Waals surface area contributed by atoms with Crippen molar-refractivity contribution in [1.82, 2.24) is 5.32 Å². The van der Waals surface area contributed by atoms with E-state index in [-0.39, 0.29) is 0 Å². The highest BCUT2D eigenvalue weighted by molar-refractivity contribution is 9.10. The Bertz CT molecular complexity index is 735. The van der Waals surface area contributed by atoms with E-state index in [1.54, 1.807) is 19.2 Å². The largest absolute Gasteiger partial charge is 0.493 e. The summed E-state index contributed by atoms with van der Waals surface area (Å²) in [5.74, 6) is 1.36. The molecular formula is C18H18BrCl2NO2. The molecule has 2 aromatic carbocycles. The Kier molecular flexibility index (Phi) is 5.93. The smallest absolute Gasteiger partial charge is 0.175 e. The van der Waals surface area contributed by atoms with Crippen LogP contribution in [0.25, 0.3) is 0 Å². The molecule has 1 aliphatic carbocycles. The van der Waals surface area contributed by atoms with Gasteiger partial charge in [-0.2, -0.15) is 0 Å². The van der Waals surface area contributed by atoms with Crippen LogP contribution in [0.4, 0.5) is 0 Å². The van der Waals surface area contributed by atoms with Gasteiger partial charge in [-0.1, -0.05) is 29.3 Å². The Morgan fingerprint density at radius 3 is 2.67 bits per heavy atom. The van der Waals surface area contributed by atoms with Crippen molar-refractivity contribution in [2.45, 2.75) is 32.0 Å². The standard InChI is InChI=1S/C18H18BrCl2NO2/c1-23-17-7-11(9-22-14-4-5-14)6-15(19)18(17)24-10-12-2-3-13(20)8-16(12)21/h2-3,6-8,14,22H,4-5,9-10H2,1H3. The quantitative estimate of drug-likeness (QED) is 0.620. The summed E-state index contributed by atoms with van der Waals surface area (Å²) in [6.07, 6.45) is 2.53. The fourth-order valence-electron chi connectivity index (χ4n) is 2.35. The van der Waals surface area contributed by atoms with Gasteiger partial charge in [0.15, 0.2) is 11.5 Å². The van der Waals surface area contributed by atoms with E-state index in [9.17, 15) is 0 Å². The molecule has 0 aliphatic heterocycles. The van der Waals surface area contributed by atoms with Crippen LogP contribution in [0.2, 0.25) is 10.0 Å². The topological polar surface area (TPSA) is 30.5 Å². The number of ether oxygens (including phenoxy) is 2. The van der Waals surface area contributed by atoms with Gasteiger partial charge in [-0.05, 0) is 58.6 Å². The van der Waals surface area contributed by atoms with E-state index < -0.39 is 0 Å². The average molecular weight is 431 g/mol. The third-order valence-electron chi connectivity index (χ3n) is 3.85. The maximum Gasteiger partial charge on any atom is 0.175 e. The molecule has 1 N–H and O–H groups in total. The highest BCUT2D eigenvalue weighted by Crippen LogP contribution is 2.38. The molecule has 3 rings (SSSR count). The van der Waals surface area contributed by atoms with Crippen molar-refractivity contribution in [3.8, 4) is 11.5 Å². The molecule has 128 valence electrons. The Morgan fingerprint density at radius 2 is 2.00 bits per heavy atom. The third kappa shape index (κ3) is 4.57. The van der Waals surface area contributed by atoms with Crippen LogP contribution in [-0.4, -0.2) is 13.2 Å². The van der Waals surface area contributed by atoms with Crippen molar-refractivity contribution in [3.63, 3.8) is 0 Å². The zero-order chi connectivity index (χ0) is 17.1. The Hall–Kier alpha value is -0.940. The van der Waals surface area contributed by atoms with E-state index in [0.717, 1.165) is 22.1 Å². The maximum atomic E-state index is 6.20. The summed E-state index contributed by atoms with van der Waals surface area (Å²) < 4.78 is 12.3. The van der Waals surface area contributed by atoms with Crippen molar-refractivity contribution in [2.75, 3.05) is 7.11 Å². The number of benzene rings is 2. The molecular weight excluding hydrogens is 413 g/mol. The lowest BCUT2D eigenvalue weighted by molar-refractivity contribution is 0.282. The minimum Gasteiger partial charge on any atom is -0.493 e. The molecule has 0 bridgehead atoms. The molecule has 2 aromatic rings. The molecule has 0 radical (unpaired) electrons. The number of nitrogens with one attached hydrogen (secondary N) is 1. The second-order valence-electron chi connectivity index (χ2n) is 5.79. The molecule has 0 amide bonds. The van der Waals surface area contributed by atoms with E-state index in [4.69, 9.17) is 32.7 Å². The minimum atomic E-state index is 0.338. The van der Waals surface area contributed by atoms with Crippen LogP contribution in [0.3, 0.4) is 0 Å². The first kappa shape index (κ1) is 17.9. The van der Waals surface area contributed by atoms with Gasteiger partial charge in [-0.25, -0.2) is 0 Å². The van der Waals surface area contributed by atoms with Gasteiger partial charge in [-0.15, -0.1) is 0 Å². The number of rotatable bonds is 7. The zero-order valence-corrected chi connectivity index (χ0v) is 16.3. The van der Waals surface area contributed by atoms with Gasteiger partial charge in [0, 0.05) is 28.2 Å². The molecule has 0 atom stereocenters. The third-order valence-corrected chi connectivity index (χ3v) is 5.02. The summed E-state index contributed by atoms with van der Waals surface area (Å²) in [5, 5.41) is 4.69. The van der Waals surface area contributed by atoms with Gasteiger partial charge < -0.3 is 14.8 Å². The molecule has 3 nitrogen and oxygen atoms in total. The number of hydrogen-bond donors (Lipinski definition) is 1. The second kappa shape index (κ2) is 7.96. The van der Waals surface area contributed by atoms with E-state index in [1.807, 2.05) is 12.1 Å². The fraction of sp³-hybridized carbons (Fsp3) is 0.333. The lowest BCUT2D eigenvalue weighted by Crippen LogP contribution is -2.15. The SMILES string of the molecule is COc1cc(CNC2CC2)cc(Br)c1OCc1ccc(Cl)cc1Cl. The molecule has 0 spiro atoms. The van der Waals surface area contributed by atoms with Crippen LogP contribution in [0.5, 0.6) is 11.5 Å². The van der Waals surface area contributed by atoms with Crippen molar-refractivity contribution in [2.24, 2.45) is 0 Å². The first-order valence-corrected chi connectivity index (χ1v) is 9.28. The fourth-order valence-corrected chi connectivity index (χ4v) is 3.42. The molecule has 0 unspecified atom stereocenters. The van der Waals surface area contributed by atoms with Crippen LogP contribution in [0, 0.1) is 0 Å². The molecule has 6 heteroatoms.